The fourth-order valence-electron chi connectivity index (χ4n) is 15.5. The van der Waals surface area contributed by atoms with E-state index in [1.165, 1.54) is 340 Å². The SMILES string of the molecule is CCCCCCCCCCCCCCCCCCCCCCCCC(=O)OC[C@H](COP(=O)(O)OC[C@@H](O)COP(=O)(O)OC[C@@H](COC(=O)CCCCCCCCCCCC(C)C)OC(=O)CCCCCCCCCCCCCCCCCCCCC(C)C)OC(=O)CCCCCCCCCCCCCCCCCCCCC(C)CC. The standard InChI is InChI=1S/C98H192O17P2/c1-8-10-11-12-13-14-15-16-17-18-19-20-21-22-29-34-39-44-51-58-65-72-79-95(100)108-85-93(114-97(102)81-74-68-61-53-46-41-36-31-26-24-28-33-38-43-50-57-64-71-78-91(7)9-2)87-112-116(104,105)110-83-92(99)84-111-117(106,107)113-88-94(86-109-96(101)80-73-66-59-54-47-49-56-63-70-77-90(5)6)115-98(103)82-75-67-60-52-45-40-35-30-25-23-27-32-37-42-48-55-62-69-76-89(3)4/h89-94,99H,8-88H2,1-7H3,(H,104,105)(H,106,107)/t91?,92-,93-,94-/m1/s1. The Hall–Kier alpha value is -1.94. The highest BCUT2D eigenvalue weighted by Crippen LogP contribution is 2.45. The maximum absolute atomic E-state index is 13.2. The molecule has 0 aromatic rings. The number of phosphoric acid groups is 2. The van der Waals surface area contributed by atoms with E-state index in [0.717, 1.165) is 108 Å². The summed E-state index contributed by atoms with van der Waals surface area (Å²) in [5.74, 6) is 0.343. The van der Waals surface area contributed by atoms with Gasteiger partial charge in [0.05, 0.1) is 26.4 Å². The summed E-state index contributed by atoms with van der Waals surface area (Å²) in [6, 6.07) is 0. The molecule has 0 aromatic carbocycles. The number of carbonyl (C=O) groups is 4. The van der Waals surface area contributed by atoms with Crippen molar-refractivity contribution in [2.75, 3.05) is 39.6 Å². The van der Waals surface area contributed by atoms with Gasteiger partial charge in [0.15, 0.2) is 12.2 Å². The average Bonchev–Trinajstić information content (AvgIpc) is 0.896. The lowest BCUT2D eigenvalue weighted by Gasteiger charge is -2.21. The first-order valence-electron chi connectivity index (χ1n) is 50.4. The van der Waals surface area contributed by atoms with E-state index in [9.17, 15) is 43.2 Å². The van der Waals surface area contributed by atoms with E-state index < -0.39 is 97.5 Å². The molecule has 6 atom stereocenters. The molecule has 17 nitrogen and oxygen atoms in total. The number of phosphoric ester groups is 2. The number of esters is 4. The summed E-state index contributed by atoms with van der Waals surface area (Å²) in [6.45, 7) is 12.1. The molecule has 0 spiro atoms. The summed E-state index contributed by atoms with van der Waals surface area (Å²) in [6.07, 6.45) is 83.6. The zero-order valence-electron chi connectivity index (χ0n) is 77.7. The lowest BCUT2D eigenvalue weighted by atomic mass is 9.99. The number of rotatable bonds is 96. The van der Waals surface area contributed by atoms with Gasteiger partial charge in [0.1, 0.15) is 19.3 Å². The molecule has 0 heterocycles. The molecule has 19 heteroatoms. The van der Waals surface area contributed by atoms with Gasteiger partial charge in [-0.15, -0.1) is 0 Å². The number of hydrogen-bond acceptors (Lipinski definition) is 15. The van der Waals surface area contributed by atoms with E-state index in [1.54, 1.807) is 0 Å². The van der Waals surface area contributed by atoms with Crippen LogP contribution in [0.15, 0.2) is 0 Å². The molecule has 696 valence electrons. The van der Waals surface area contributed by atoms with Gasteiger partial charge in [-0.1, -0.05) is 479 Å². The van der Waals surface area contributed by atoms with Crippen molar-refractivity contribution in [3.8, 4) is 0 Å². The fraction of sp³-hybridized carbons (Fsp3) is 0.959. The zero-order chi connectivity index (χ0) is 85.7. The number of unbranched alkanes of at least 4 members (excludes halogenated alkanes) is 63. The first-order chi connectivity index (χ1) is 56.8. The second kappa shape index (κ2) is 87.5. The predicted octanol–water partition coefficient (Wildman–Crippen LogP) is 30.8. The molecule has 0 aliphatic rings. The van der Waals surface area contributed by atoms with Crippen LogP contribution in [0, 0.1) is 17.8 Å². The van der Waals surface area contributed by atoms with Crippen LogP contribution in [0.2, 0.25) is 0 Å². The summed E-state index contributed by atoms with van der Waals surface area (Å²) in [5.41, 5.74) is 0. The number of ether oxygens (including phenoxy) is 4. The zero-order valence-corrected chi connectivity index (χ0v) is 79.5. The van der Waals surface area contributed by atoms with Crippen LogP contribution in [0.5, 0.6) is 0 Å². The minimum atomic E-state index is -4.97. The average molecular weight is 1700 g/mol. The summed E-state index contributed by atoms with van der Waals surface area (Å²) >= 11 is 0. The van der Waals surface area contributed by atoms with Crippen molar-refractivity contribution in [2.45, 2.75) is 548 Å². The van der Waals surface area contributed by atoms with Crippen molar-refractivity contribution >= 4 is 39.5 Å². The Morgan fingerprint density at radius 2 is 0.436 bits per heavy atom. The van der Waals surface area contributed by atoms with E-state index >= 15 is 0 Å². The van der Waals surface area contributed by atoms with E-state index in [0.29, 0.717) is 25.7 Å². The van der Waals surface area contributed by atoms with Gasteiger partial charge in [-0.3, -0.25) is 37.3 Å². The Labute approximate surface area is 721 Å². The monoisotopic (exact) mass is 1700 g/mol. The second-order valence-electron chi connectivity index (χ2n) is 36.4. The van der Waals surface area contributed by atoms with E-state index in [2.05, 4.69) is 48.5 Å². The molecule has 0 aliphatic heterocycles. The van der Waals surface area contributed by atoms with Crippen LogP contribution in [0.25, 0.3) is 0 Å². The molecule has 0 bridgehead atoms. The molecule has 0 aromatic heterocycles. The highest BCUT2D eigenvalue weighted by molar-refractivity contribution is 7.47. The first kappa shape index (κ1) is 115. The van der Waals surface area contributed by atoms with Gasteiger partial charge in [0.2, 0.25) is 0 Å². The maximum atomic E-state index is 13.2. The number of aliphatic hydroxyl groups is 1. The predicted molar refractivity (Wildman–Crippen MR) is 488 cm³/mol. The molecule has 117 heavy (non-hydrogen) atoms. The topological polar surface area (TPSA) is 237 Å². The first-order valence-corrected chi connectivity index (χ1v) is 53.4. The van der Waals surface area contributed by atoms with Gasteiger partial charge in [-0.05, 0) is 43.4 Å². The third-order valence-corrected chi connectivity index (χ3v) is 25.4. The Balaban J connectivity index is 5.23. The van der Waals surface area contributed by atoms with Crippen molar-refractivity contribution in [1.82, 2.24) is 0 Å². The lowest BCUT2D eigenvalue weighted by molar-refractivity contribution is -0.161. The van der Waals surface area contributed by atoms with Crippen LogP contribution < -0.4 is 0 Å². The quantitative estimate of drug-likeness (QED) is 0.0222. The van der Waals surface area contributed by atoms with Crippen molar-refractivity contribution in [3.05, 3.63) is 0 Å². The molecule has 0 radical (unpaired) electrons. The normalized spacial score (nSPS) is 13.9. The van der Waals surface area contributed by atoms with Gasteiger partial charge < -0.3 is 33.8 Å². The Morgan fingerprint density at radius 3 is 0.650 bits per heavy atom. The van der Waals surface area contributed by atoms with Crippen LogP contribution in [-0.4, -0.2) is 96.7 Å². The number of hydrogen-bond donors (Lipinski definition) is 3. The van der Waals surface area contributed by atoms with Crippen molar-refractivity contribution in [3.63, 3.8) is 0 Å². The van der Waals surface area contributed by atoms with Crippen LogP contribution in [0.1, 0.15) is 530 Å². The number of aliphatic hydroxyl groups excluding tert-OH is 1. The fourth-order valence-corrected chi connectivity index (χ4v) is 17.0. The Morgan fingerprint density at radius 1 is 0.248 bits per heavy atom. The molecule has 0 saturated heterocycles. The lowest BCUT2D eigenvalue weighted by Crippen LogP contribution is -2.30. The van der Waals surface area contributed by atoms with Gasteiger partial charge in [-0.2, -0.15) is 0 Å². The Bertz CT molecular complexity index is 2240. The third kappa shape index (κ3) is 90.1. The van der Waals surface area contributed by atoms with Crippen LogP contribution in [0.4, 0.5) is 0 Å². The van der Waals surface area contributed by atoms with Crippen LogP contribution >= 0.6 is 15.6 Å². The second-order valence-corrected chi connectivity index (χ2v) is 39.3. The molecule has 3 unspecified atom stereocenters. The van der Waals surface area contributed by atoms with E-state index in [4.69, 9.17) is 37.0 Å². The molecule has 0 saturated carbocycles. The summed E-state index contributed by atoms with van der Waals surface area (Å²) in [5, 5.41) is 10.7. The highest BCUT2D eigenvalue weighted by Gasteiger charge is 2.31. The smallest absolute Gasteiger partial charge is 0.462 e. The van der Waals surface area contributed by atoms with Gasteiger partial charge in [0.25, 0.3) is 0 Å². The molecular formula is C98H192O17P2. The summed E-state index contributed by atoms with van der Waals surface area (Å²) in [7, 11) is -9.95. The third-order valence-electron chi connectivity index (χ3n) is 23.5. The largest absolute Gasteiger partial charge is 0.472 e. The number of carbonyl (C=O) groups excluding carboxylic acids is 4. The molecule has 3 N–H and O–H groups in total. The van der Waals surface area contributed by atoms with E-state index in [-0.39, 0.29) is 25.7 Å². The van der Waals surface area contributed by atoms with Gasteiger partial charge in [-0.25, -0.2) is 9.13 Å². The van der Waals surface area contributed by atoms with Crippen molar-refractivity contribution < 1.29 is 80.2 Å². The maximum Gasteiger partial charge on any atom is 0.472 e. The van der Waals surface area contributed by atoms with Crippen LogP contribution in [0.3, 0.4) is 0 Å². The summed E-state index contributed by atoms with van der Waals surface area (Å²) in [4.78, 5) is 73.6. The Kier molecular flexibility index (Phi) is 86.1. The molecular weight excluding hydrogens is 1510 g/mol. The molecule has 0 amide bonds. The summed E-state index contributed by atoms with van der Waals surface area (Å²) < 4.78 is 69.3. The molecule has 0 fully saturated rings. The van der Waals surface area contributed by atoms with E-state index in [1.807, 2.05) is 0 Å². The van der Waals surface area contributed by atoms with Crippen molar-refractivity contribution in [2.24, 2.45) is 17.8 Å². The van der Waals surface area contributed by atoms with Crippen molar-refractivity contribution in [1.29, 1.82) is 0 Å². The van der Waals surface area contributed by atoms with Gasteiger partial charge in [0, 0.05) is 25.7 Å². The minimum Gasteiger partial charge on any atom is -0.462 e. The molecule has 0 rings (SSSR count). The van der Waals surface area contributed by atoms with Crippen LogP contribution in [-0.2, 0) is 65.4 Å². The molecule has 0 aliphatic carbocycles. The minimum absolute atomic E-state index is 0.108. The van der Waals surface area contributed by atoms with Gasteiger partial charge >= 0.3 is 39.5 Å². The highest BCUT2D eigenvalue weighted by atomic mass is 31.2.